The summed E-state index contributed by atoms with van der Waals surface area (Å²) in [6.07, 6.45) is 1.49. The Balaban J connectivity index is 1.92. The molecule has 0 radical (unpaired) electrons. The first-order chi connectivity index (χ1) is 15.7. The van der Waals surface area contributed by atoms with E-state index in [1.807, 2.05) is 57.2 Å². The van der Waals surface area contributed by atoms with Crippen LogP contribution in [0.1, 0.15) is 36.1 Å². The van der Waals surface area contributed by atoms with Gasteiger partial charge in [-0.15, -0.1) is 0 Å². The number of anilines is 1. The summed E-state index contributed by atoms with van der Waals surface area (Å²) in [7, 11) is -3.87. The summed E-state index contributed by atoms with van der Waals surface area (Å²) >= 11 is 3.53. The van der Waals surface area contributed by atoms with Crippen LogP contribution in [0.3, 0.4) is 0 Å². The van der Waals surface area contributed by atoms with E-state index < -0.39 is 10.0 Å². The first-order valence-electron chi connectivity index (χ1n) is 11.0. The molecule has 0 fully saturated rings. The number of sulfonamides is 1. The minimum absolute atomic E-state index is 0.104. The molecule has 3 aromatic rings. The van der Waals surface area contributed by atoms with Crippen LogP contribution in [-0.4, -0.2) is 25.2 Å². The molecule has 0 spiro atoms. The second-order valence-electron chi connectivity index (χ2n) is 7.93. The average Bonchev–Trinajstić information content (AvgIpc) is 2.81. The van der Waals surface area contributed by atoms with Crippen molar-refractivity contribution in [3.63, 3.8) is 0 Å². The largest absolute Gasteiger partial charge is 0.324 e. The van der Waals surface area contributed by atoms with E-state index in [0.717, 1.165) is 45.3 Å². The Labute approximate surface area is 205 Å². The molecule has 0 aliphatic carbocycles. The average molecular weight is 530 g/mol. The predicted molar refractivity (Wildman–Crippen MR) is 137 cm³/mol. The normalized spacial score (nSPS) is 11.5. The molecule has 0 saturated heterocycles. The SMILES string of the molecule is CCc1cc(Br)cc(CC)c1NC(=O)CN(Cc1ccc(C)cc1)S(=O)(=O)c1ccccc1. The van der Waals surface area contributed by atoms with Gasteiger partial charge in [0.05, 0.1) is 11.4 Å². The van der Waals surface area contributed by atoms with Gasteiger partial charge >= 0.3 is 0 Å². The summed E-state index contributed by atoms with van der Waals surface area (Å²) in [6.45, 7) is 5.85. The van der Waals surface area contributed by atoms with E-state index in [4.69, 9.17) is 0 Å². The van der Waals surface area contributed by atoms with Gasteiger partial charge in [0.2, 0.25) is 15.9 Å². The summed E-state index contributed by atoms with van der Waals surface area (Å²) in [6, 6.07) is 19.8. The molecule has 0 bridgehead atoms. The van der Waals surface area contributed by atoms with Crippen molar-refractivity contribution in [3.8, 4) is 0 Å². The summed E-state index contributed by atoms with van der Waals surface area (Å²) in [4.78, 5) is 13.3. The first kappa shape index (κ1) is 25.1. The lowest BCUT2D eigenvalue weighted by molar-refractivity contribution is -0.116. The van der Waals surface area contributed by atoms with E-state index in [1.54, 1.807) is 30.3 Å². The molecule has 3 aromatic carbocycles. The number of carbonyl (C=O) groups excluding carboxylic acids is 1. The number of hydrogen-bond acceptors (Lipinski definition) is 3. The van der Waals surface area contributed by atoms with Crippen molar-refractivity contribution in [1.29, 1.82) is 0 Å². The van der Waals surface area contributed by atoms with Crippen molar-refractivity contribution >= 4 is 37.5 Å². The lowest BCUT2D eigenvalue weighted by Gasteiger charge is -2.23. The van der Waals surface area contributed by atoms with Gasteiger partial charge in [0.15, 0.2) is 0 Å². The van der Waals surface area contributed by atoms with Crippen molar-refractivity contribution in [1.82, 2.24) is 4.31 Å². The molecule has 5 nitrogen and oxygen atoms in total. The Bertz CT molecular complexity index is 1190. The number of hydrogen-bond donors (Lipinski definition) is 1. The van der Waals surface area contributed by atoms with Gasteiger partial charge < -0.3 is 5.32 Å². The smallest absolute Gasteiger partial charge is 0.243 e. The number of carbonyl (C=O) groups is 1. The molecule has 0 aliphatic heterocycles. The zero-order chi connectivity index (χ0) is 24.0. The third-order valence-electron chi connectivity index (χ3n) is 5.47. The monoisotopic (exact) mass is 528 g/mol. The van der Waals surface area contributed by atoms with Crippen LogP contribution in [0.15, 0.2) is 76.1 Å². The molecule has 7 heteroatoms. The fraction of sp³-hybridized carbons (Fsp3) is 0.269. The van der Waals surface area contributed by atoms with Crippen molar-refractivity contribution in [2.75, 3.05) is 11.9 Å². The van der Waals surface area contributed by atoms with Crippen LogP contribution < -0.4 is 5.32 Å². The minimum Gasteiger partial charge on any atom is -0.324 e. The molecule has 0 unspecified atom stereocenters. The van der Waals surface area contributed by atoms with Crippen molar-refractivity contribution in [2.45, 2.75) is 45.1 Å². The Morgan fingerprint density at radius 3 is 2.06 bits per heavy atom. The van der Waals surface area contributed by atoms with Crippen LogP contribution >= 0.6 is 15.9 Å². The van der Waals surface area contributed by atoms with E-state index in [-0.39, 0.29) is 23.9 Å². The fourth-order valence-electron chi connectivity index (χ4n) is 3.65. The molecule has 0 aliphatic rings. The Morgan fingerprint density at radius 2 is 1.52 bits per heavy atom. The number of amides is 1. The zero-order valence-electron chi connectivity index (χ0n) is 19.1. The summed E-state index contributed by atoms with van der Waals surface area (Å²) in [5, 5.41) is 2.99. The van der Waals surface area contributed by atoms with E-state index in [1.165, 1.54) is 4.31 Å². The lowest BCUT2D eigenvalue weighted by atomic mass is 10.0. The lowest BCUT2D eigenvalue weighted by Crippen LogP contribution is -2.37. The van der Waals surface area contributed by atoms with Crippen molar-refractivity contribution in [2.24, 2.45) is 0 Å². The maximum atomic E-state index is 13.4. The molecule has 1 amide bonds. The molecular formula is C26H29BrN2O3S. The number of rotatable bonds is 9. The molecule has 0 aromatic heterocycles. The highest BCUT2D eigenvalue weighted by Crippen LogP contribution is 2.28. The van der Waals surface area contributed by atoms with Crippen LogP contribution in [0.5, 0.6) is 0 Å². The van der Waals surface area contributed by atoms with Gasteiger partial charge in [0.25, 0.3) is 0 Å². The van der Waals surface area contributed by atoms with E-state index >= 15 is 0 Å². The molecular weight excluding hydrogens is 500 g/mol. The number of halogens is 1. The third kappa shape index (κ3) is 6.31. The Kier molecular flexibility index (Phi) is 8.46. The van der Waals surface area contributed by atoms with Crippen LogP contribution in [-0.2, 0) is 34.2 Å². The van der Waals surface area contributed by atoms with Gasteiger partial charge in [0, 0.05) is 16.7 Å². The van der Waals surface area contributed by atoms with Gasteiger partial charge in [-0.3, -0.25) is 4.79 Å². The molecule has 3 rings (SSSR count). The van der Waals surface area contributed by atoms with Crippen molar-refractivity contribution in [3.05, 3.63) is 93.5 Å². The second kappa shape index (κ2) is 11.1. The highest BCUT2D eigenvalue weighted by atomic mass is 79.9. The van der Waals surface area contributed by atoms with Gasteiger partial charge in [-0.25, -0.2) is 8.42 Å². The van der Waals surface area contributed by atoms with Gasteiger partial charge in [-0.05, 0) is 60.7 Å². The summed E-state index contributed by atoms with van der Waals surface area (Å²) in [5.74, 6) is -0.367. The van der Waals surface area contributed by atoms with Crippen LogP contribution in [0, 0.1) is 6.92 Å². The van der Waals surface area contributed by atoms with E-state index in [2.05, 4.69) is 21.2 Å². The number of benzene rings is 3. The molecule has 0 atom stereocenters. The third-order valence-corrected chi connectivity index (χ3v) is 7.74. The molecule has 0 heterocycles. The van der Waals surface area contributed by atoms with Crippen LogP contribution in [0.4, 0.5) is 5.69 Å². The van der Waals surface area contributed by atoms with Crippen LogP contribution in [0.2, 0.25) is 0 Å². The zero-order valence-corrected chi connectivity index (χ0v) is 21.5. The summed E-state index contributed by atoms with van der Waals surface area (Å²) in [5.41, 5.74) is 4.68. The first-order valence-corrected chi connectivity index (χ1v) is 13.2. The minimum atomic E-state index is -3.87. The fourth-order valence-corrected chi connectivity index (χ4v) is 5.61. The van der Waals surface area contributed by atoms with Gasteiger partial charge in [0.1, 0.15) is 0 Å². The molecule has 174 valence electrons. The number of aryl methyl sites for hydroxylation is 3. The standard InChI is InChI=1S/C26H29BrN2O3S/c1-4-21-15-23(27)16-22(5-2)26(21)28-25(30)18-29(17-20-13-11-19(3)12-14-20)33(31,32)24-9-7-6-8-10-24/h6-16H,4-5,17-18H2,1-3H3,(H,28,30). The quantitative estimate of drug-likeness (QED) is 0.386. The van der Waals surface area contributed by atoms with E-state index in [0.29, 0.717) is 0 Å². The van der Waals surface area contributed by atoms with Crippen LogP contribution in [0.25, 0.3) is 0 Å². The molecule has 33 heavy (non-hydrogen) atoms. The second-order valence-corrected chi connectivity index (χ2v) is 10.8. The summed E-state index contributed by atoms with van der Waals surface area (Å²) < 4.78 is 29.0. The topological polar surface area (TPSA) is 66.5 Å². The predicted octanol–water partition coefficient (Wildman–Crippen LogP) is 5.71. The number of nitrogens with zero attached hydrogens (tertiary/aromatic N) is 1. The maximum Gasteiger partial charge on any atom is 0.243 e. The van der Waals surface area contributed by atoms with Crippen molar-refractivity contribution < 1.29 is 13.2 Å². The highest BCUT2D eigenvalue weighted by molar-refractivity contribution is 9.10. The highest BCUT2D eigenvalue weighted by Gasteiger charge is 2.27. The maximum absolute atomic E-state index is 13.4. The Hall–Kier alpha value is -2.48. The van der Waals surface area contributed by atoms with Gasteiger partial charge in [-0.2, -0.15) is 4.31 Å². The Morgan fingerprint density at radius 1 is 0.939 bits per heavy atom. The molecule has 0 saturated carbocycles. The number of nitrogens with one attached hydrogen (secondary N) is 1. The van der Waals surface area contributed by atoms with Gasteiger partial charge in [-0.1, -0.05) is 77.8 Å². The van der Waals surface area contributed by atoms with E-state index in [9.17, 15) is 13.2 Å². The molecule has 1 N–H and O–H groups in total.